The van der Waals surface area contributed by atoms with Gasteiger partial charge < -0.3 is 5.32 Å². The Bertz CT molecular complexity index is 511. The molecule has 1 atom stereocenters. The molecule has 0 unspecified atom stereocenters. The Kier molecular flexibility index (Phi) is 4.05. The van der Waals surface area contributed by atoms with Gasteiger partial charge in [0, 0.05) is 12.6 Å². The predicted molar refractivity (Wildman–Crippen MR) is 68.1 cm³/mol. The molecule has 0 aliphatic carbocycles. The molecule has 0 amide bonds. The largest absolute Gasteiger partial charge is 0.306 e. The highest BCUT2D eigenvalue weighted by Gasteiger charge is 2.06. The van der Waals surface area contributed by atoms with E-state index in [0.29, 0.717) is 6.54 Å². The molecule has 0 saturated heterocycles. The second-order valence-corrected chi connectivity index (χ2v) is 4.26. The normalized spacial score (nSPS) is 12.4. The second kappa shape index (κ2) is 5.74. The van der Waals surface area contributed by atoms with E-state index in [9.17, 15) is 8.78 Å². The summed E-state index contributed by atoms with van der Waals surface area (Å²) in [5, 5.41) is 3.27. The summed E-state index contributed by atoms with van der Waals surface area (Å²) >= 11 is 0. The van der Waals surface area contributed by atoms with Crippen molar-refractivity contribution >= 4 is 0 Å². The Morgan fingerprint density at radius 2 is 1.72 bits per heavy atom. The molecule has 0 spiro atoms. The number of hydrogen-bond acceptors (Lipinski definition) is 1. The minimum atomic E-state index is -0.810. The first-order valence-electron chi connectivity index (χ1n) is 5.89. The van der Waals surface area contributed by atoms with Crippen LogP contribution in [0.4, 0.5) is 8.78 Å². The predicted octanol–water partition coefficient (Wildman–Crippen LogP) is 3.82. The fraction of sp³-hybridized carbons (Fsp3) is 0.200. The van der Waals surface area contributed by atoms with Gasteiger partial charge >= 0.3 is 0 Å². The molecule has 2 rings (SSSR count). The van der Waals surface area contributed by atoms with Gasteiger partial charge in [0.1, 0.15) is 0 Å². The molecule has 0 bridgehead atoms. The first-order chi connectivity index (χ1) is 8.66. The van der Waals surface area contributed by atoms with Crippen LogP contribution in [0.15, 0.2) is 48.5 Å². The van der Waals surface area contributed by atoms with Crippen molar-refractivity contribution in [3.05, 3.63) is 71.3 Å². The number of hydrogen-bond donors (Lipinski definition) is 1. The lowest BCUT2D eigenvalue weighted by atomic mass is 10.1. The molecule has 0 aromatic heterocycles. The molecule has 1 N–H and O–H groups in total. The molecule has 2 aromatic rings. The van der Waals surface area contributed by atoms with Crippen molar-refractivity contribution in [3.8, 4) is 0 Å². The smallest absolute Gasteiger partial charge is 0.159 e. The zero-order valence-corrected chi connectivity index (χ0v) is 10.2. The van der Waals surface area contributed by atoms with Crippen LogP contribution in [0.5, 0.6) is 0 Å². The van der Waals surface area contributed by atoms with E-state index >= 15 is 0 Å². The zero-order chi connectivity index (χ0) is 13.0. The van der Waals surface area contributed by atoms with E-state index < -0.39 is 11.6 Å². The lowest BCUT2D eigenvalue weighted by Crippen LogP contribution is -2.18. The maximum absolute atomic E-state index is 13.0. The summed E-state index contributed by atoms with van der Waals surface area (Å²) in [7, 11) is 0. The molecular weight excluding hydrogens is 232 g/mol. The first kappa shape index (κ1) is 12.7. The standard InChI is InChI=1S/C15H15F2N/c1-11(13-5-3-2-4-6-13)18-10-12-7-8-14(16)15(17)9-12/h2-9,11,18H,10H2,1H3/t11-/m0/s1. The molecule has 0 saturated carbocycles. The number of rotatable bonds is 4. The van der Waals surface area contributed by atoms with Gasteiger partial charge in [0.15, 0.2) is 11.6 Å². The minimum absolute atomic E-state index is 0.166. The van der Waals surface area contributed by atoms with Crippen LogP contribution in [0.3, 0.4) is 0 Å². The van der Waals surface area contributed by atoms with Gasteiger partial charge in [-0.15, -0.1) is 0 Å². The van der Waals surface area contributed by atoms with Gasteiger partial charge in [0.25, 0.3) is 0 Å². The van der Waals surface area contributed by atoms with Crippen molar-refractivity contribution in [1.29, 1.82) is 0 Å². The molecule has 2 aromatic carbocycles. The van der Waals surface area contributed by atoms with E-state index in [1.165, 1.54) is 11.6 Å². The zero-order valence-electron chi connectivity index (χ0n) is 10.2. The van der Waals surface area contributed by atoms with Gasteiger partial charge in [-0.3, -0.25) is 0 Å². The molecule has 1 nitrogen and oxygen atoms in total. The fourth-order valence-corrected chi connectivity index (χ4v) is 1.78. The summed E-state index contributed by atoms with van der Waals surface area (Å²) in [6.07, 6.45) is 0. The summed E-state index contributed by atoms with van der Waals surface area (Å²) in [6, 6.07) is 14.1. The summed E-state index contributed by atoms with van der Waals surface area (Å²) < 4.78 is 25.8. The molecule has 0 aliphatic rings. The van der Waals surface area contributed by atoms with Crippen molar-refractivity contribution in [2.24, 2.45) is 0 Å². The maximum atomic E-state index is 13.0. The lowest BCUT2D eigenvalue weighted by Gasteiger charge is -2.14. The Balaban J connectivity index is 1.97. The highest BCUT2D eigenvalue weighted by molar-refractivity contribution is 5.20. The molecule has 0 fully saturated rings. The van der Waals surface area contributed by atoms with Gasteiger partial charge in [-0.25, -0.2) is 8.78 Å². The first-order valence-corrected chi connectivity index (χ1v) is 5.89. The van der Waals surface area contributed by atoms with E-state index in [0.717, 1.165) is 11.6 Å². The third kappa shape index (κ3) is 3.14. The number of benzene rings is 2. The highest BCUT2D eigenvalue weighted by Crippen LogP contribution is 2.13. The summed E-state index contributed by atoms with van der Waals surface area (Å²) in [5.74, 6) is -1.61. The topological polar surface area (TPSA) is 12.0 Å². The van der Waals surface area contributed by atoms with Crippen molar-refractivity contribution in [3.63, 3.8) is 0 Å². The van der Waals surface area contributed by atoms with E-state index in [1.807, 2.05) is 37.3 Å². The van der Waals surface area contributed by atoms with Crippen LogP contribution in [0.25, 0.3) is 0 Å². The average molecular weight is 247 g/mol. The molecule has 0 heterocycles. The Morgan fingerprint density at radius 3 is 2.39 bits per heavy atom. The Labute approximate surface area is 105 Å². The molecule has 0 aliphatic heterocycles. The third-order valence-electron chi connectivity index (χ3n) is 2.90. The summed E-state index contributed by atoms with van der Waals surface area (Å²) in [4.78, 5) is 0. The van der Waals surface area contributed by atoms with Crippen LogP contribution in [-0.4, -0.2) is 0 Å². The maximum Gasteiger partial charge on any atom is 0.159 e. The Hall–Kier alpha value is -1.74. The van der Waals surface area contributed by atoms with Gasteiger partial charge in [-0.1, -0.05) is 36.4 Å². The highest BCUT2D eigenvalue weighted by atomic mass is 19.2. The second-order valence-electron chi connectivity index (χ2n) is 4.26. The SMILES string of the molecule is C[C@H](NCc1ccc(F)c(F)c1)c1ccccc1. The van der Waals surface area contributed by atoms with E-state index in [4.69, 9.17) is 0 Å². The van der Waals surface area contributed by atoms with Crippen molar-refractivity contribution in [2.45, 2.75) is 19.5 Å². The fourth-order valence-electron chi connectivity index (χ4n) is 1.78. The van der Waals surface area contributed by atoms with Crippen LogP contribution < -0.4 is 5.32 Å². The van der Waals surface area contributed by atoms with Crippen LogP contribution in [-0.2, 0) is 6.54 Å². The van der Waals surface area contributed by atoms with Gasteiger partial charge in [0.05, 0.1) is 0 Å². The molecule has 0 radical (unpaired) electrons. The quantitative estimate of drug-likeness (QED) is 0.866. The molecule has 3 heteroatoms. The van der Waals surface area contributed by atoms with Crippen molar-refractivity contribution in [1.82, 2.24) is 5.32 Å². The van der Waals surface area contributed by atoms with E-state index in [-0.39, 0.29) is 6.04 Å². The van der Waals surface area contributed by atoms with Crippen molar-refractivity contribution < 1.29 is 8.78 Å². The van der Waals surface area contributed by atoms with E-state index in [2.05, 4.69) is 5.32 Å². The number of halogens is 2. The molecule has 94 valence electrons. The molecule has 18 heavy (non-hydrogen) atoms. The number of nitrogens with one attached hydrogen (secondary N) is 1. The Morgan fingerprint density at radius 1 is 1.00 bits per heavy atom. The van der Waals surface area contributed by atoms with Crippen LogP contribution >= 0.6 is 0 Å². The average Bonchev–Trinajstić information content (AvgIpc) is 2.41. The van der Waals surface area contributed by atoms with Crippen LogP contribution in [0, 0.1) is 11.6 Å². The third-order valence-corrected chi connectivity index (χ3v) is 2.90. The van der Waals surface area contributed by atoms with Gasteiger partial charge in [-0.2, -0.15) is 0 Å². The van der Waals surface area contributed by atoms with Crippen LogP contribution in [0.1, 0.15) is 24.1 Å². The van der Waals surface area contributed by atoms with Gasteiger partial charge in [-0.05, 0) is 30.2 Å². The minimum Gasteiger partial charge on any atom is -0.306 e. The van der Waals surface area contributed by atoms with Crippen LogP contribution in [0.2, 0.25) is 0 Å². The molecular formula is C15H15F2N. The summed E-state index contributed by atoms with van der Waals surface area (Å²) in [5.41, 5.74) is 1.90. The lowest BCUT2D eigenvalue weighted by molar-refractivity contribution is 0.504. The van der Waals surface area contributed by atoms with E-state index in [1.54, 1.807) is 6.07 Å². The summed E-state index contributed by atoms with van der Waals surface area (Å²) in [6.45, 7) is 2.54. The monoisotopic (exact) mass is 247 g/mol. The van der Waals surface area contributed by atoms with Crippen molar-refractivity contribution in [2.75, 3.05) is 0 Å². The van der Waals surface area contributed by atoms with Gasteiger partial charge in [0.2, 0.25) is 0 Å².